The molecule has 0 spiro atoms. The Labute approximate surface area is 185 Å². The quantitative estimate of drug-likeness (QED) is 0.643. The van der Waals surface area contributed by atoms with E-state index >= 15 is 0 Å². The van der Waals surface area contributed by atoms with Crippen LogP contribution >= 0.6 is 0 Å². The second kappa shape index (κ2) is 8.90. The SMILES string of the molecule is O=c1[nH]c(C2CCCCC2)nc2c1CN(Cc1ccc(-c3cc(F)ccc3F)nc1)CC2. The van der Waals surface area contributed by atoms with Crippen molar-refractivity contribution in [3.8, 4) is 11.3 Å². The number of nitrogens with zero attached hydrogens (tertiary/aromatic N) is 3. The van der Waals surface area contributed by atoms with Gasteiger partial charge in [0.15, 0.2) is 0 Å². The number of rotatable bonds is 4. The van der Waals surface area contributed by atoms with Gasteiger partial charge in [0.1, 0.15) is 17.5 Å². The summed E-state index contributed by atoms with van der Waals surface area (Å²) in [5.74, 6) is 0.252. The van der Waals surface area contributed by atoms with Crippen molar-refractivity contribution in [2.24, 2.45) is 0 Å². The van der Waals surface area contributed by atoms with Crippen molar-refractivity contribution in [1.29, 1.82) is 0 Å². The molecule has 1 N–H and O–H groups in total. The van der Waals surface area contributed by atoms with Crippen LogP contribution in [0, 0.1) is 11.6 Å². The highest BCUT2D eigenvalue weighted by molar-refractivity contribution is 5.59. The van der Waals surface area contributed by atoms with Crippen molar-refractivity contribution >= 4 is 0 Å². The van der Waals surface area contributed by atoms with E-state index in [9.17, 15) is 13.6 Å². The number of aromatic amines is 1. The third-order valence-corrected chi connectivity index (χ3v) is 6.59. The molecule has 0 atom stereocenters. The van der Waals surface area contributed by atoms with Crippen LogP contribution in [0.5, 0.6) is 0 Å². The molecule has 166 valence electrons. The second-order valence-electron chi connectivity index (χ2n) is 8.85. The first kappa shape index (κ1) is 20.9. The monoisotopic (exact) mass is 436 g/mol. The van der Waals surface area contributed by atoms with Crippen LogP contribution in [0.4, 0.5) is 8.78 Å². The molecule has 1 fully saturated rings. The number of H-pyrrole nitrogens is 1. The molecule has 1 aliphatic carbocycles. The lowest BCUT2D eigenvalue weighted by Crippen LogP contribution is -2.36. The highest BCUT2D eigenvalue weighted by atomic mass is 19.1. The number of pyridine rings is 1. The topological polar surface area (TPSA) is 61.9 Å². The molecule has 3 aromatic rings. The molecular weight excluding hydrogens is 410 g/mol. The fourth-order valence-electron chi connectivity index (χ4n) is 4.83. The number of hydrogen-bond acceptors (Lipinski definition) is 4. The van der Waals surface area contributed by atoms with Crippen LogP contribution < -0.4 is 5.56 Å². The van der Waals surface area contributed by atoms with Gasteiger partial charge in [0.05, 0.1) is 17.0 Å². The molecule has 1 aromatic carbocycles. The Morgan fingerprint density at radius 3 is 2.72 bits per heavy atom. The van der Waals surface area contributed by atoms with E-state index in [1.165, 1.54) is 19.3 Å². The van der Waals surface area contributed by atoms with Gasteiger partial charge >= 0.3 is 0 Å². The lowest BCUT2D eigenvalue weighted by Gasteiger charge is -2.28. The van der Waals surface area contributed by atoms with E-state index in [0.29, 0.717) is 24.7 Å². The molecule has 5 nitrogen and oxygen atoms in total. The van der Waals surface area contributed by atoms with E-state index in [-0.39, 0.29) is 11.1 Å². The van der Waals surface area contributed by atoms with Crippen molar-refractivity contribution in [2.45, 2.75) is 57.5 Å². The van der Waals surface area contributed by atoms with E-state index in [1.54, 1.807) is 12.3 Å². The zero-order chi connectivity index (χ0) is 22.1. The van der Waals surface area contributed by atoms with Crippen molar-refractivity contribution in [3.63, 3.8) is 0 Å². The zero-order valence-corrected chi connectivity index (χ0v) is 17.9. The molecule has 3 heterocycles. The number of hydrogen-bond donors (Lipinski definition) is 1. The van der Waals surface area contributed by atoms with Crippen LogP contribution in [0.15, 0.2) is 41.3 Å². The van der Waals surface area contributed by atoms with E-state index in [1.807, 2.05) is 6.07 Å². The number of fused-ring (bicyclic) bond motifs is 1. The molecule has 0 unspecified atom stereocenters. The number of benzene rings is 1. The first-order chi connectivity index (χ1) is 15.6. The fraction of sp³-hybridized carbons (Fsp3) is 0.400. The summed E-state index contributed by atoms with van der Waals surface area (Å²) in [5, 5.41) is 0. The smallest absolute Gasteiger partial charge is 0.255 e. The van der Waals surface area contributed by atoms with Gasteiger partial charge in [-0.1, -0.05) is 25.3 Å². The summed E-state index contributed by atoms with van der Waals surface area (Å²) >= 11 is 0. The summed E-state index contributed by atoms with van der Waals surface area (Å²) < 4.78 is 27.5. The van der Waals surface area contributed by atoms with Crippen LogP contribution in [0.1, 0.15) is 60.7 Å². The molecule has 0 bridgehead atoms. The Bertz CT molecular complexity index is 1170. The van der Waals surface area contributed by atoms with Crippen LogP contribution in [-0.2, 0) is 19.5 Å². The van der Waals surface area contributed by atoms with Crippen LogP contribution in [0.3, 0.4) is 0 Å². The maximum Gasteiger partial charge on any atom is 0.255 e. The second-order valence-corrected chi connectivity index (χ2v) is 8.85. The molecule has 5 rings (SSSR count). The third-order valence-electron chi connectivity index (χ3n) is 6.59. The third kappa shape index (κ3) is 4.35. The summed E-state index contributed by atoms with van der Waals surface area (Å²) in [6, 6.07) is 6.93. The van der Waals surface area contributed by atoms with Gasteiger partial charge in [-0.05, 0) is 42.7 Å². The summed E-state index contributed by atoms with van der Waals surface area (Å²) in [6.07, 6.45) is 8.33. The summed E-state index contributed by atoms with van der Waals surface area (Å²) in [4.78, 5) is 27.2. The molecule has 2 aliphatic rings. The maximum absolute atomic E-state index is 14.0. The van der Waals surface area contributed by atoms with Crippen molar-refractivity contribution in [1.82, 2.24) is 19.9 Å². The predicted molar refractivity (Wildman–Crippen MR) is 118 cm³/mol. The van der Waals surface area contributed by atoms with Gasteiger partial charge in [0.2, 0.25) is 0 Å². The molecule has 2 aromatic heterocycles. The summed E-state index contributed by atoms with van der Waals surface area (Å²) in [5.41, 5.74) is 3.16. The molecular formula is C25H26F2N4O. The minimum atomic E-state index is -0.501. The minimum Gasteiger partial charge on any atom is -0.310 e. The molecule has 1 saturated carbocycles. The predicted octanol–water partition coefficient (Wildman–Crippen LogP) is 4.72. The number of aromatic nitrogens is 3. The average Bonchev–Trinajstić information content (AvgIpc) is 2.82. The molecule has 0 amide bonds. The van der Waals surface area contributed by atoms with Crippen molar-refractivity contribution < 1.29 is 8.78 Å². The van der Waals surface area contributed by atoms with E-state index < -0.39 is 11.6 Å². The highest BCUT2D eigenvalue weighted by Crippen LogP contribution is 2.31. The van der Waals surface area contributed by atoms with Crippen LogP contribution in [0.25, 0.3) is 11.3 Å². The Morgan fingerprint density at radius 2 is 1.94 bits per heavy atom. The number of halogens is 2. The molecule has 1 aliphatic heterocycles. The van der Waals surface area contributed by atoms with Gasteiger partial charge in [0.25, 0.3) is 5.56 Å². The Morgan fingerprint density at radius 1 is 1.09 bits per heavy atom. The lowest BCUT2D eigenvalue weighted by atomic mass is 9.88. The summed E-state index contributed by atoms with van der Waals surface area (Å²) in [7, 11) is 0. The Balaban J connectivity index is 1.29. The van der Waals surface area contributed by atoms with Crippen molar-refractivity contribution in [2.75, 3.05) is 6.54 Å². The largest absolute Gasteiger partial charge is 0.310 e. The molecule has 0 radical (unpaired) electrons. The van der Waals surface area contributed by atoms with Gasteiger partial charge in [-0.2, -0.15) is 0 Å². The lowest BCUT2D eigenvalue weighted by molar-refractivity contribution is 0.240. The average molecular weight is 437 g/mol. The normalized spacial score (nSPS) is 17.3. The number of nitrogens with one attached hydrogen (secondary N) is 1. The highest BCUT2D eigenvalue weighted by Gasteiger charge is 2.24. The van der Waals surface area contributed by atoms with Gasteiger partial charge in [-0.15, -0.1) is 0 Å². The van der Waals surface area contributed by atoms with Crippen molar-refractivity contribution in [3.05, 3.63) is 81.2 Å². The molecule has 7 heteroatoms. The molecule has 32 heavy (non-hydrogen) atoms. The Hall–Kier alpha value is -2.93. The standard InChI is InChI=1S/C25H26F2N4O/c26-18-7-8-21(27)19(12-18)22-9-6-16(13-28-22)14-31-11-10-23-20(15-31)25(32)30-24(29-23)17-4-2-1-3-5-17/h6-9,12-13,17H,1-5,10-11,14-15H2,(H,29,30,32). The van der Waals surface area contributed by atoms with E-state index in [4.69, 9.17) is 4.98 Å². The van der Waals surface area contributed by atoms with Crippen LogP contribution in [0.2, 0.25) is 0 Å². The summed E-state index contributed by atoms with van der Waals surface area (Å²) in [6.45, 7) is 1.99. The van der Waals surface area contributed by atoms with Gasteiger partial charge < -0.3 is 4.98 Å². The van der Waals surface area contributed by atoms with E-state index in [2.05, 4.69) is 14.9 Å². The van der Waals surface area contributed by atoms with E-state index in [0.717, 1.165) is 66.7 Å². The van der Waals surface area contributed by atoms with Crippen LogP contribution in [-0.4, -0.2) is 26.4 Å². The zero-order valence-electron chi connectivity index (χ0n) is 17.9. The minimum absolute atomic E-state index is 0.0182. The van der Waals surface area contributed by atoms with Gasteiger partial charge in [-0.3, -0.25) is 14.7 Å². The van der Waals surface area contributed by atoms with Gasteiger partial charge in [0, 0.05) is 43.7 Å². The maximum atomic E-state index is 14.0. The molecule has 0 saturated heterocycles. The first-order valence-electron chi connectivity index (χ1n) is 11.3. The Kier molecular flexibility index (Phi) is 5.83. The van der Waals surface area contributed by atoms with Gasteiger partial charge in [-0.25, -0.2) is 13.8 Å². The fourth-order valence-corrected chi connectivity index (χ4v) is 4.83. The first-order valence-corrected chi connectivity index (χ1v) is 11.3.